The third kappa shape index (κ3) is 5.59. The summed E-state index contributed by atoms with van der Waals surface area (Å²) in [5, 5.41) is 2.84. The predicted molar refractivity (Wildman–Crippen MR) is 132 cm³/mol. The summed E-state index contributed by atoms with van der Waals surface area (Å²) >= 11 is 0. The maximum absolute atomic E-state index is 12.4. The zero-order valence-corrected chi connectivity index (χ0v) is 19.7. The Labute approximate surface area is 200 Å². The zero-order chi connectivity index (χ0) is 23.3. The van der Waals surface area contributed by atoms with E-state index in [0.717, 1.165) is 44.6 Å². The second-order valence-corrected chi connectivity index (χ2v) is 9.52. The van der Waals surface area contributed by atoms with Crippen molar-refractivity contribution in [1.82, 2.24) is 14.9 Å². The first-order valence-corrected chi connectivity index (χ1v) is 12.3. The van der Waals surface area contributed by atoms with Crippen molar-refractivity contribution in [2.24, 2.45) is 5.92 Å². The monoisotopic (exact) mass is 466 g/mol. The Kier molecular flexibility index (Phi) is 7.10. The van der Waals surface area contributed by atoms with Crippen LogP contribution in [0.1, 0.15) is 32.1 Å². The quantitative estimate of drug-likeness (QED) is 0.632. The second kappa shape index (κ2) is 10.6. The van der Waals surface area contributed by atoms with E-state index >= 15 is 0 Å². The predicted octanol–water partition coefficient (Wildman–Crippen LogP) is 2.53. The number of nitrogen functional groups attached to an aromatic ring is 1. The van der Waals surface area contributed by atoms with Crippen LogP contribution in [0, 0.1) is 5.92 Å². The van der Waals surface area contributed by atoms with Crippen molar-refractivity contribution in [2.45, 2.75) is 32.1 Å². The van der Waals surface area contributed by atoms with Crippen LogP contribution in [0.5, 0.6) is 6.01 Å². The largest absolute Gasteiger partial charge is 0.463 e. The fraction of sp³-hybridized carbons (Fsp3) is 0.560. The summed E-state index contributed by atoms with van der Waals surface area (Å²) in [6.07, 6.45) is 14.2. The molecule has 1 aromatic heterocycles. The number of hydrogen-bond acceptors (Lipinski definition) is 8. The van der Waals surface area contributed by atoms with Crippen LogP contribution >= 0.6 is 0 Å². The van der Waals surface area contributed by atoms with Crippen LogP contribution in [-0.2, 0) is 9.53 Å². The van der Waals surface area contributed by atoms with E-state index in [1.165, 1.54) is 31.5 Å². The van der Waals surface area contributed by atoms with Gasteiger partial charge in [0.15, 0.2) is 11.6 Å². The number of allylic oxidation sites excluding steroid dienone is 3. The number of amides is 1. The van der Waals surface area contributed by atoms with E-state index in [1.807, 2.05) is 4.90 Å². The van der Waals surface area contributed by atoms with E-state index in [4.69, 9.17) is 15.2 Å². The van der Waals surface area contributed by atoms with Gasteiger partial charge in [-0.3, -0.25) is 9.69 Å². The summed E-state index contributed by atoms with van der Waals surface area (Å²) in [4.78, 5) is 25.9. The van der Waals surface area contributed by atoms with Gasteiger partial charge in [-0.25, -0.2) is 0 Å². The van der Waals surface area contributed by atoms with Gasteiger partial charge in [-0.15, -0.1) is 0 Å². The average molecular weight is 467 g/mol. The number of likely N-dealkylation sites (tertiary alicyclic amines) is 1. The highest BCUT2D eigenvalue weighted by Gasteiger charge is 2.28. The van der Waals surface area contributed by atoms with Gasteiger partial charge in [0.25, 0.3) is 0 Å². The molecule has 0 bridgehead atoms. The van der Waals surface area contributed by atoms with Crippen LogP contribution < -0.4 is 20.7 Å². The van der Waals surface area contributed by atoms with Crippen molar-refractivity contribution >= 4 is 23.2 Å². The SMILES string of the molecule is Nc1nc(OCC2CCOCC2)nc2c1NC(=O)CN2CC1=CC=CCC(CN2CCCC2)=C1. The van der Waals surface area contributed by atoms with E-state index < -0.39 is 0 Å². The molecule has 1 amide bonds. The van der Waals surface area contributed by atoms with Crippen LogP contribution in [0.3, 0.4) is 0 Å². The minimum absolute atomic E-state index is 0.121. The van der Waals surface area contributed by atoms with Gasteiger partial charge in [0.2, 0.25) is 5.91 Å². The van der Waals surface area contributed by atoms with Crippen molar-refractivity contribution in [2.75, 3.05) is 68.5 Å². The molecule has 9 heteroatoms. The highest BCUT2D eigenvalue weighted by atomic mass is 16.5. The lowest BCUT2D eigenvalue weighted by atomic mass is 10.0. The Bertz CT molecular complexity index is 993. The molecule has 0 aromatic carbocycles. The number of aromatic nitrogens is 2. The third-order valence-corrected chi connectivity index (χ3v) is 6.80. The molecule has 0 spiro atoms. The molecule has 1 aliphatic carbocycles. The number of anilines is 3. The Morgan fingerprint density at radius 2 is 2.00 bits per heavy atom. The van der Waals surface area contributed by atoms with Crippen molar-refractivity contribution in [1.29, 1.82) is 0 Å². The van der Waals surface area contributed by atoms with Gasteiger partial charge in [0.1, 0.15) is 5.69 Å². The first kappa shape index (κ1) is 22.9. The topological polar surface area (TPSA) is 106 Å². The molecular formula is C25H34N6O3. The van der Waals surface area contributed by atoms with Gasteiger partial charge in [0.05, 0.1) is 13.2 Å². The van der Waals surface area contributed by atoms with Crippen molar-refractivity contribution < 1.29 is 14.3 Å². The van der Waals surface area contributed by atoms with Crippen molar-refractivity contribution in [3.63, 3.8) is 0 Å². The number of ether oxygens (including phenoxy) is 2. The van der Waals surface area contributed by atoms with Crippen LogP contribution in [0.2, 0.25) is 0 Å². The molecule has 0 atom stereocenters. The molecule has 9 nitrogen and oxygen atoms in total. The molecule has 1 aromatic rings. The average Bonchev–Trinajstić information content (AvgIpc) is 3.25. The summed E-state index contributed by atoms with van der Waals surface area (Å²) in [6.45, 7) is 6.17. The van der Waals surface area contributed by atoms with E-state index in [-0.39, 0.29) is 24.3 Å². The number of nitrogens with two attached hydrogens (primary N) is 1. The first-order valence-electron chi connectivity index (χ1n) is 12.3. The van der Waals surface area contributed by atoms with E-state index in [0.29, 0.717) is 30.6 Å². The van der Waals surface area contributed by atoms with E-state index in [2.05, 4.69) is 44.5 Å². The van der Waals surface area contributed by atoms with Crippen LogP contribution in [-0.4, -0.2) is 73.3 Å². The van der Waals surface area contributed by atoms with Gasteiger partial charge >= 0.3 is 6.01 Å². The molecule has 0 radical (unpaired) electrons. The fourth-order valence-corrected chi connectivity index (χ4v) is 4.96. The smallest absolute Gasteiger partial charge is 0.320 e. The van der Waals surface area contributed by atoms with Gasteiger partial charge < -0.3 is 25.4 Å². The third-order valence-electron chi connectivity index (χ3n) is 6.80. The number of hydrogen-bond donors (Lipinski definition) is 2. The van der Waals surface area contributed by atoms with Crippen LogP contribution in [0.25, 0.3) is 0 Å². The van der Waals surface area contributed by atoms with Crippen LogP contribution in [0.4, 0.5) is 17.3 Å². The minimum atomic E-state index is -0.121. The molecule has 34 heavy (non-hydrogen) atoms. The lowest BCUT2D eigenvalue weighted by molar-refractivity contribution is -0.115. The first-order chi connectivity index (χ1) is 16.6. The minimum Gasteiger partial charge on any atom is -0.463 e. The molecular weight excluding hydrogens is 432 g/mol. The van der Waals surface area contributed by atoms with Crippen LogP contribution in [0.15, 0.2) is 35.5 Å². The molecule has 0 saturated carbocycles. The lowest BCUT2D eigenvalue weighted by Crippen LogP contribution is -2.40. The lowest BCUT2D eigenvalue weighted by Gasteiger charge is -2.31. The maximum atomic E-state index is 12.4. The maximum Gasteiger partial charge on any atom is 0.320 e. The second-order valence-electron chi connectivity index (χ2n) is 9.52. The zero-order valence-electron chi connectivity index (χ0n) is 19.7. The number of nitrogens with one attached hydrogen (secondary N) is 1. The summed E-state index contributed by atoms with van der Waals surface area (Å²) in [7, 11) is 0. The Balaban J connectivity index is 1.33. The Morgan fingerprint density at radius 3 is 2.82 bits per heavy atom. The number of carbonyl (C=O) groups excluding carboxylic acids is 1. The van der Waals surface area contributed by atoms with Gasteiger partial charge in [-0.05, 0) is 56.7 Å². The van der Waals surface area contributed by atoms with Gasteiger partial charge in [-0.1, -0.05) is 29.9 Å². The molecule has 2 saturated heterocycles. The highest BCUT2D eigenvalue weighted by molar-refractivity contribution is 6.03. The molecule has 0 unspecified atom stereocenters. The number of fused-ring (bicyclic) bond motifs is 1. The normalized spacial score (nSPS) is 21.5. The number of carbonyl (C=O) groups is 1. The molecule has 182 valence electrons. The van der Waals surface area contributed by atoms with E-state index in [1.54, 1.807) is 0 Å². The van der Waals surface area contributed by atoms with Crippen molar-refractivity contribution in [3.8, 4) is 6.01 Å². The van der Waals surface area contributed by atoms with Gasteiger partial charge in [0, 0.05) is 26.3 Å². The van der Waals surface area contributed by atoms with Gasteiger partial charge in [-0.2, -0.15) is 9.97 Å². The molecule has 2 fully saturated rings. The summed E-state index contributed by atoms with van der Waals surface area (Å²) in [5.41, 5.74) is 9.21. The van der Waals surface area contributed by atoms with E-state index in [9.17, 15) is 4.79 Å². The Morgan fingerprint density at radius 1 is 1.18 bits per heavy atom. The standard InChI is InChI=1S/C25H34N6O3/c26-23-22-24(29-25(28-23)34-17-18-7-11-33-12-8-18)31(16-21(32)27-22)15-20-6-2-1-5-19(13-20)14-30-9-3-4-10-30/h1-2,6,13,18H,3-5,7-12,14-17H2,(H,27,32)(H2,26,28,29). The molecule has 5 rings (SSSR count). The highest BCUT2D eigenvalue weighted by Crippen LogP contribution is 2.34. The number of nitrogens with zero attached hydrogens (tertiary/aromatic N) is 4. The molecule has 4 heterocycles. The molecule has 3 N–H and O–H groups in total. The van der Waals surface area contributed by atoms with Crippen molar-refractivity contribution in [3.05, 3.63) is 35.5 Å². The summed E-state index contributed by atoms with van der Waals surface area (Å²) < 4.78 is 11.4. The molecule has 4 aliphatic rings. The number of rotatable bonds is 7. The summed E-state index contributed by atoms with van der Waals surface area (Å²) in [6, 6.07) is 0.254. The summed E-state index contributed by atoms with van der Waals surface area (Å²) in [5.74, 6) is 1.14. The fourth-order valence-electron chi connectivity index (χ4n) is 4.96. The Hall–Kier alpha value is -2.91. The molecule has 3 aliphatic heterocycles.